The van der Waals surface area contributed by atoms with Crippen LogP contribution in [-0.2, 0) is 23.1 Å². The lowest BCUT2D eigenvalue weighted by molar-refractivity contribution is -0.136. The minimum absolute atomic E-state index is 0.405. The molecule has 0 atom stereocenters. The lowest BCUT2D eigenvalue weighted by atomic mass is 10.1. The molecule has 0 aromatic heterocycles. The van der Waals surface area contributed by atoms with Crippen molar-refractivity contribution in [2.45, 2.75) is 6.92 Å². The molecule has 6 heteroatoms. The molecule has 0 saturated carbocycles. The van der Waals surface area contributed by atoms with E-state index < -0.39 is 19.9 Å². The number of esters is 1. The molecule has 0 heterocycles. The zero-order valence-corrected chi connectivity index (χ0v) is 12.1. The first kappa shape index (κ1) is 15.6. The van der Waals surface area contributed by atoms with Crippen LogP contribution in [0.4, 0.5) is 0 Å². The van der Waals surface area contributed by atoms with Crippen molar-refractivity contribution in [1.29, 1.82) is 0 Å². The van der Waals surface area contributed by atoms with Crippen molar-refractivity contribution < 1.29 is 23.1 Å². The maximum absolute atomic E-state index is 11.7. The highest BCUT2D eigenvalue weighted by molar-refractivity contribution is 7.53. The molecule has 0 unspecified atom stereocenters. The number of hydrogen-bond acceptors (Lipinski definition) is 5. The van der Waals surface area contributed by atoms with E-state index in [1.54, 1.807) is 6.92 Å². The van der Waals surface area contributed by atoms with Gasteiger partial charge in [0.1, 0.15) is 0 Å². The Morgan fingerprint density at radius 1 is 1.21 bits per heavy atom. The van der Waals surface area contributed by atoms with Gasteiger partial charge in [0.05, 0.1) is 0 Å². The Balaban J connectivity index is 2.63. The summed E-state index contributed by atoms with van der Waals surface area (Å²) in [6.07, 6.45) is 0.933. The quantitative estimate of drug-likeness (QED) is 0.456. The van der Waals surface area contributed by atoms with Crippen molar-refractivity contribution in [3.05, 3.63) is 42.0 Å². The minimum atomic E-state index is -3.32. The number of ether oxygens (including phenoxy) is 1. The van der Waals surface area contributed by atoms with Gasteiger partial charge in [0.2, 0.25) is 0 Å². The Morgan fingerprint density at radius 2 is 1.79 bits per heavy atom. The summed E-state index contributed by atoms with van der Waals surface area (Å²) in [6, 6.07) is 9.41. The predicted octanol–water partition coefficient (Wildman–Crippen LogP) is 3.08. The van der Waals surface area contributed by atoms with E-state index in [1.807, 2.05) is 30.3 Å². The number of carbonyl (C=O) groups is 1. The van der Waals surface area contributed by atoms with Gasteiger partial charge in [-0.05, 0) is 18.1 Å². The minimum Gasteiger partial charge on any atom is -0.450 e. The number of hydrogen-bond donors (Lipinski definition) is 0. The lowest BCUT2D eigenvalue weighted by Crippen LogP contribution is -2.05. The van der Waals surface area contributed by atoms with Crippen LogP contribution in [0.2, 0.25) is 0 Å². The molecule has 1 rings (SSSR count). The van der Waals surface area contributed by atoms with Gasteiger partial charge < -0.3 is 13.8 Å². The largest absolute Gasteiger partial charge is 0.450 e. The Hall–Kier alpha value is -1.42. The van der Waals surface area contributed by atoms with Crippen LogP contribution in [0, 0.1) is 0 Å². The topological polar surface area (TPSA) is 61.8 Å². The molecule has 0 fully saturated rings. The first-order valence-electron chi connectivity index (χ1n) is 5.62. The molecule has 0 aliphatic carbocycles. The summed E-state index contributed by atoms with van der Waals surface area (Å²) in [5.41, 5.74) is 1.68. The van der Waals surface area contributed by atoms with Crippen LogP contribution in [0.25, 0.3) is 5.57 Å². The van der Waals surface area contributed by atoms with Crippen LogP contribution in [0.1, 0.15) is 12.5 Å². The third-order valence-electron chi connectivity index (χ3n) is 2.48. The summed E-state index contributed by atoms with van der Waals surface area (Å²) in [5.74, 6) is -0.587. The first-order valence-corrected chi connectivity index (χ1v) is 7.34. The molecule has 0 bridgehead atoms. The average Bonchev–Trinajstić information content (AvgIpc) is 2.45. The van der Waals surface area contributed by atoms with Crippen LogP contribution in [-0.4, -0.2) is 26.5 Å². The van der Waals surface area contributed by atoms with E-state index in [4.69, 9.17) is 4.74 Å². The van der Waals surface area contributed by atoms with Crippen molar-refractivity contribution in [2.24, 2.45) is 0 Å². The second-order valence-electron chi connectivity index (χ2n) is 3.76. The zero-order chi connectivity index (χ0) is 14.3. The maximum atomic E-state index is 11.7. The maximum Gasteiger partial charge on any atom is 0.367 e. The number of rotatable bonds is 6. The second kappa shape index (κ2) is 7.24. The van der Waals surface area contributed by atoms with E-state index in [9.17, 15) is 9.36 Å². The van der Waals surface area contributed by atoms with Gasteiger partial charge in [-0.25, -0.2) is 4.79 Å². The van der Waals surface area contributed by atoms with Gasteiger partial charge in [-0.3, -0.25) is 4.57 Å². The van der Waals surface area contributed by atoms with Gasteiger partial charge in [-0.1, -0.05) is 30.3 Å². The van der Waals surface area contributed by atoms with Gasteiger partial charge in [0.25, 0.3) is 0 Å². The third kappa shape index (κ3) is 4.99. The Kier molecular flexibility index (Phi) is 5.96. The average molecular weight is 284 g/mol. The van der Waals surface area contributed by atoms with Gasteiger partial charge in [0, 0.05) is 20.3 Å². The highest BCUT2D eigenvalue weighted by Crippen LogP contribution is 2.46. The van der Waals surface area contributed by atoms with Gasteiger partial charge in [-0.2, -0.15) is 0 Å². The fourth-order valence-electron chi connectivity index (χ4n) is 1.33. The third-order valence-corrected chi connectivity index (χ3v) is 4.04. The van der Waals surface area contributed by atoms with Crippen LogP contribution >= 0.6 is 7.60 Å². The van der Waals surface area contributed by atoms with Crippen LogP contribution in [0.5, 0.6) is 0 Å². The highest BCUT2D eigenvalue weighted by Gasteiger charge is 2.23. The zero-order valence-electron chi connectivity index (χ0n) is 11.2. The number of benzene rings is 1. The van der Waals surface area contributed by atoms with Crippen molar-refractivity contribution >= 4 is 19.1 Å². The molecular formula is C13H17O5P. The molecule has 1 aromatic rings. The number of allylic oxidation sites excluding steroid dienone is 1. The van der Waals surface area contributed by atoms with E-state index in [-0.39, 0.29) is 0 Å². The van der Waals surface area contributed by atoms with Gasteiger partial charge in [0.15, 0.2) is 6.35 Å². The van der Waals surface area contributed by atoms with E-state index in [0.717, 1.165) is 11.1 Å². The fraction of sp³-hybridized carbons (Fsp3) is 0.308. The standard InChI is InChI=1S/C13H17O5P/c1-11(12-7-5-4-6-8-12)9-13(14)18-10-19(15,16-2)17-3/h4-9H,10H2,1-3H3/b11-9-. The molecule has 0 aliphatic heterocycles. The molecule has 1 aromatic carbocycles. The lowest BCUT2D eigenvalue weighted by Gasteiger charge is -2.12. The summed E-state index contributed by atoms with van der Waals surface area (Å²) < 4.78 is 25.8. The Morgan fingerprint density at radius 3 is 2.32 bits per heavy atom. The molecule has 104 valence electrons. The van der Waals surface area contributed by atoms with Crippen LogP contribution in [0.3, 0.4) is 0 Å². The molecule has 0 N–H and O–H groups in total. The van der Waals surface area contributed by atoms with Gasteiger partial charge in [-0.15, -0.1) is 0 Å². The molecule has 0 aliphatic rings. The summed E-state index contributed by atoms with van der Waals surface area (Å²) >= 11 is 0. The molecule has 0 radical (unpaired) electrons. The molecular weight excluding hydrogens is 267 g/mol. The van der Waals surface area contributed by atoms with Crippen molar-refractivity contribution in [1.82, 2.24) is 0 Å². The van der Waals surface area contributed by atoms with Crippen molar-refractivity contribution in [2.75, 3.05) is 20.6 Å². The SMILES string of the molecule is COP(=O)(COC(=O)/C=C(/C)c1ccccc1)OC. The summed E-state index contributed by atoms with van der Waals surface area (Å²) in [7, 11) is -0.844. The normalized spacial score (nSPS) is 12.3. The summed E-state index contributed by atoms with van der Waals surface area (Å²) in [5, 5.41) is 0. The number of carbonyl (C=O) groups excluding carboxylic acids is 1. The van der Waals surface area contributed by atoms with Gasteiger partial charge >= 0.3 is 13.6 Å². The smallest absolute Gasteiger partial charge is 0.367 e. The Labute approximate surface area is 112 Å². The van der Waals surface area contributed by atoms with Crippen molar-refractivity contribution in [3.8, 4) is 0 Å². The summed E-state index contributed by atoms with van der Waals surface area (Å²) in [4.78, 5) is 11.6. The molecule has 0 saturated heterocycles. The first-order chi connectivity index (χ1) is 9.00. The molecule has 19 heavy (non-hydrogen) atoms. The Bertz CT molecular complexity index is 487. The summed E-state index contributed by atoms with van der Waals surface area (Å²) in [6.45, 7) is 1.79. The molecule has 0 amide bonds. The van der Waals surface area contributed by atoms with E-state index in [0.29, 0.717) is 0 Å². The van der Waals surface area contributed by atoms with Crippen molar-refractivity contribution in [3.63, 3.8) is 0 Å². The highest BCUT2D eigenvalue weighted by atomic mass is 31.2. The molecule has 5 nitrogen and oxygen atoms in total. The van der Waals surface area contributed by atoms with Crippen LogP contribution < -0.4 is 0 Å². The van der Waals surface area contributed by atoms with E-state index in [2.05, 4.69) is 9.05 Å². The predicted molar refractivity (Wildman–Crippen MR) is 72.7 cm³/mol. The second-order valence-corrected chi connectivity index (χ2v) is 5.97. The van der Waals surface area contributed by atoms with E-state index >= 15 is 0 Å². The van der Waals surface area contributed by atoms with Crippen LogP contribution in [0.15, 0.2) is 36.4 Å². The molecule has 0 spiro atoms. The van der Waals surface area contributed by atoms with E-state index in [1.165, 1.54) is 20.3 Å². The fourth-order valence-corrected chi connectivity index (χ4v) is 1.97. The monoisotopic (exact) mass is 284 g/mol.